The zero-order chi connectivity index (χ0) is 17.4. The maximum atomic E-state index is 6.19. The molecule has 2 fully saturated rings. The van der Waals surface area contributed by atoms with E-state index in [0.717, 1.165) is 44.9 Å². The minimum absolute atomic E-state index is 0.0435. The topological polar surface area (TPSA) is 208 Å². The van der Waals surface area contributed by atoms with Crippen LogP contribution in [0.5, 0.6) is 0 Å². The highest BCUT2D eigenvalue weighted by atomic mass is 15.1. The maximum Gasteiger partial charge on any atom is 0.118 e. The van der Waals surface area contributed by atoms with Gasteiger partial charge < -0.3 is 45.9 Å². The molecule has 0 amide bonds. The molecule has 2 aliphatic rings. The van der Waals surface area contributed by atoms with Crippen molar-refractivity contribution in [1.29, 1.82) is 0 Å². The van der Waals surface area contributed by atoms with Crippen molar-refractivity contribution in [3.8, 4) is 0 Å². The Morgan fingerprint density at radius 1 is 0.565 bits per heavy atom. The van der Waals surface area contributed by atoms with Gasteiger partial charge in [-0.25, -0.2) is 0 Å². The van der Waals surface area contributed by atoms with Crippen LogP contribution >= 0.6 is 0 Å². The lowest BCUT2D eigenvalue weighted by molar-refractivity contribution is 0.104. The Hall–Kier alpha value is -0.320. The quantitative estimate of drug-likeness (QED) is 0.268. The van der Waals surface area contributed by atoms with Crippen molar-refractivity contribution in [3.05, 3.63) is 0 Å². The highest BCUT2D eigenvalue weighted by Gasteiger charge is 2.39. The lowest BCUT2D eigenvalue weighted by Crippen LogP contribution is -2.65. The van der Waals surface area contributed by atoms with Crippen molar-refractivity contribution in [1.82, 2.24) is 0 Å². The van der Waals surface area contributed by atoms with Crippen LogP contribution < -0.4 is 45.9 Å². The fraction of sp³-hybridized carbons (Fsp3) is 1.00. The second-order valence-electron chi connectivity index (χ2n) is 8.30. The summed E-state index contributed by atoms with van der Waals surface area (Å²) in [5.41, 5.74) is 47.8. The second kappa shape index (κ2) is 6.89. The molecule has 0 aromatic heterocycles. The zero-order valence-electron chi connectivity index (χ0n) is 14.0. The maximum absolute atomic E-state index is 6.19. The average molecular weight is 329 g/mol. The molecular formula is C15H36N8. The SMILES string of the molecule is NC1CC(CC2CC(N)CC(C(N)(N)N)C2)CC(C(N)(N)N)C1. The van der Waals surface area contributed by atoms with E-state index in [-0.39, 0.29) is 23.9 Å². The van der Waals surface area contributed by atoms with E-state index in [0.29, 0.717) is 11.8 Å². The average Bonchev–Trinajstić information content (AvgIpc) is 2.35. The summed E-state index contributed by atoms with van der Waals surface area (Å²) >= 11 is 0. The molecule has 6 atom stereocenters. The van der Waals surface area contributed by atoms with Gasteiger partial charge in [0.05, 0.1) is 0 Å². The molecule has 2 aliphatic carbocycles. The van der Waals surface area contributed by atoms with Gasteiger partial charge in [0, 0.05) is 23.9 Å². The van der Waals surface area contributed by atoms with E-state index in [9.17, 15) is 0 Å². The first-order valence-corrected chi connectivity index (χ1v) is 8.69. The van der Waals surface area contributed by atoms with Crippen LogP contribution in [0.1, 0.15) is 44.9 Å². The molecule has 8 heteroatoms. The van der Waals surface area contributed by atoms with Gasteiger partial charge in [-0.1, -0.05) is 0 Å². The largest absolute Gasteiger partial charge is 0.328 e. The van der Waals surface area contributed by atoms with Crippen LogP contribution in [0.2, 0.25) is 0 Å². The molecule has 23 heavy (non-hydrogen) atoms. The predicted octanol–water partition coefficient (Wildman–Crippen LogP) is -2.08. The fourth-order valence-corrected chi connectivity index (χ4v) is 4.64. The van der Waals surface area contributed by atoms with Crippen molar-refractivity contribution in [2.75, 3.05) is 0 Å². The molecule has 0 aromatic carbocycles. The summed E-state index contributed by atoms with van der Waals surface area (Å²) < 4.78 is 0. The second-order valence-corrected chi connectivity index (χ2v) is 8.30. The summed E-state index contributed by atoms with van der Waals surface area (Å²) in [5, 5.41) is 0. The smallest absolute Gasteiger partial charge is 0.118 e. The monoisotopic (exact) mass is 328 g/mol. The minimum atomic E-state index is -1.16. The van der Waals surface area contributed by atoms with E-state index in [1.54, 1.807) is 0 Å². The Labute approximate surface area is 139 Å². The van der Waals surface area contributed by atoms with Crippen LogP contribution in [0.4, 0.5) is 0 Å². The van der Waals surface area contributed by atoms with Gasteiger partial charge >= 0.3 is 0 Å². The molecule has 2 saturated carbocycles. The third-order valence-corrected chi connectivity index (χ3v) is 5.76. The van der Waals surface area contributed by atoms with Crippen LogP contribution in [-0.2, 0) is 0 Å². The van der Waals surface area contributed by atoms with Gasteiger partial charge in [-0.2, -0.15) is 0 Å². The molecule has 6 unspecified atom stereocenters. The molecule has 0 bridgehead atoms. The molecule has 136 valence electrons. The highest BCUT2D eigenvalue weighted by molar-refractivity contribution is 4.93. The Balaban J connectivity index is 1.97. The van der Waals surface area contributed by atoms with Gasteiger partial charge in [-0.05, 0) is 56.8 Å². The minimum Gasteiger partial charge on any atom is -0.328 e. The molecule has 0 spiro atoms. The van der Waals surface area contributed by atoms with Crippen molar-refractivity contribution >= 4 is 0 Å². The van der Waals surface area contributed by atoms with Crippen molar-refractivity contribution in [3.63, 3.8) is 0 Å². The molecule has 2 rings (SSSR count). The molecule has 0 heterocycles. The number of rotatable bonds is 4. The fourth-order valence-electron chi connectivity index (χ4n) is 4.64. The third kappa shape index (κ3) is 5.33. The Bertz CT molecular complexity index is 352. The van der Waals surface area contributed by atoms with Gasteiger partial charge in [0.2, 0.25) is 0 Å². The normalized spacial score (nSPS) is 40.2. The van der Waals surface area contributed by atoms with Crippen LogP contribution in [0.3, 0.4) is 0 Å². The molecule has 0 saturated heterocycles. The molecular weight excluding hydrogens is 292 g/mol. The Kier molecular flexibility index (Phi) is 5.70. The first-order chi connectivity index (χ1) is 10.4. The predicted molar refractivity (Wildman–Crippen MR) is 92.8 cm³/mol. The summed E-state index contributed by atoms with van der Waals surface area (Å²) in [6, 6.07) is 0.193. The summed E-state index contributed by atoms with van der Waals surface area (Å²) in [5.74, 6) is -1.33. The first kappa shape index (κ1) is 19.0. The zero-order valence-corrected chi connectivity index (χ0v) is 14.0. The molecule has 0 aliphatic heterocycles. The highest BCUT2D eigenvalue weighted by Crippen LogP contribution is 2.40. The third-order valence-electron chi connectivity index (χ3n) is 5.76. The van der Waals surface area contributed by atoms with E-state index in [1.165, 1.54) is 0 Å². The number of hydrogen-bond donors (Lipinski definition) is 8. The molecule has 16 N–H and O–H groups in total. The van der Waals surface area contributed by atoms with E-state index < -0.39 is 11.6 Å². The van der Waals surface area contributed by atoms with Crippen molar-refractivity contribution < 1.29 is 0 Å². The summed E-state index contributed by atoms with van der Waals surface area (Å²) in [6.07, 6.45) is 6.36. The van der Waals surface area contributed by atoms with Crippen molar-refractivity contribution in [2.45, 2.75) is 68.6 Å². The first-order valence-electron chi connectivity index (χ1n) is 8.69. The van der Waals surface area contributed by atoms with Gasteiger partial charge in [0.15, 0.2) is 0 Å². The summed E-state index contributed by atoms with van der Waals surface area (Å²) in [7, 11) is 0. The summed E-state index contributed by atoms with van der Waals surface area (Å²) in [6.45, 7) is 0. The lowest BCUT2D eigenvalue weighted by atomic mass is 9.68. The number of hydrogen-bond acceptors (Lipinski definition) is 8. The molecule has 8 nitrogen and oxygen atoms in total. The lowest BCUT2D eigenvalue weighted by Gasteiger charge is -2.43. The standard InChI is InChI=1S/C15H36N8/c16-12-4-8(2-10(6-12)14(18,19)20)1-9-3-11(15(21,22)23)7-13(17)5-9/h8-13H,1-7,16-23H2. The van der Waals surface area contributed by atoms with Crippen molar-refractivity contribution in [2.24, 2.45) is 69.5 Å². The Morgan fingerprint density at radius 2 is 0.913 bits per heavy atom. The number of nitrogens with two attached hydrogens (primary N) is 8. The molecule has 0 aromatic rings. The van der Waals surface area contributed by atoms with Gasteiger partial charge in [0.25, 0.3) is 0 Å². The summed E-state index contributed by atoms with van der Waals surface area (Å²) in [4.78, 5) is 0. The van der Waals surface area contributed by atoms with Crippen LogP contribution in [0.15, 0.2) is 0 Å². The van der Waals surface area contributed by atoms with E-state index in [4.69, 9.17) is 45.9 Å². The van der Waals surface area contributed by atoms with Crippen LogP contribution in [0, 0.1) is 23.7 Å². The van der Waals surface area contributed by atoms with Gasteiger partial charge in [-0.3, -0.25) is 0 Å². The van der Waals surface area contributed by atoms with E-state index in [2.05, 4.69) is 0 Å². The van der Waals surface area contributed by atoms with E-state index in [1.807, 2.05) is 0 Å². The Morgan fingerprint density at radius 3 is 1.22 bits per heavy atom. The molecule has 0 radical (unpaired) electrons. The van der Waals surface area contributed by atoms with Crippen LogP contribution in [0.25, 0.3) is 0 Å². The van der Waals surface area contributed by atoms with Gasteiger partial charge in [0.1, 0.15) is 11.6 Å². The van der Waals surface area contributed by atoms with Gasteiger partial charge in [-0.15, -0.1) is 0 Å². The van der Waals surface area contributed by atoms with E-state index >= 15 is 0 Å². The van der Waals surface area contributed by atoms with Crippen LogP contribution in [-0.4, -0.2) is 23.7 Å².